The van der Waals surface area contributed by atoms with E-state index in [0.717, 1.165) is 68.5 Å². The molecule has 0 aromatic carbocycles. The molecule has 0 aromatic rings. The Morgan fingerprint density at radius 3 is 1.34 bits per heavy atom. The van der Waals surface area contributed by atoms with Crippen LogP contribution in [0.1, 0.15) is 173 Å². The summed E-state index contributed by atoms with van der Waals surface area (Å²) < 4.78 is 53.7. The lowest BCUT2D eigenvalue weighted by Crippen LogP contribution is -2.62. The summed E-state index contributed by atoms with van der Waals surface area (Å²) >= 11 is 0. The van der Waals surface area contributed by atoms with Crippen molar-refractivity contribution in [1.29, 1.82) is 0 Å². The molecule has 0 bridgehead atoms. The van der Waals surface area contributed by atoms with Crippen LogP contribution >= 0.6 is 12.4 Å². The van der Waals surface area contributed by atoms with Gasteiger partial charge in [-0.25, -0.2) is 9.59 Å². The van der Waals surface area contributed by atoms with E-state index >= 15 is 0 Å². The molecule has 0 radical (unpaired) electrons. The van der Waals surface area contributed by atoms with E-state index < -0.39 is 109 Å². The number of aliphatic imine (C=N–C) groups is 1. The number of carbonyl (C=O) groups is 9. The average Bonchev–Trinajstić information content (AvgIpc) is 1.53. The molecule has 31 heteroatoms. The summed E-state index contributed by atoms with van der Waals surface area (Å²) in [5.74, 6) is -4.77. The Labute approximate surface area is 608 Å². The van der Waals surface area contributed by atoms with E-state index in [1.54, 1.807) is 22.9 Å². The number of nitrogens with two attached hydrogens (primary N) is 1. The Bertz CT molecular complexity index is 3190. The molecule has 8 N–H and O–H groups in total. The number of urea groups is 1. The van der Waals surface area contributed by atoms with Crippen molar-refractivity contribution in [3.8, 4) is 0 Å². The van der Waals surface area contributed by atoms with Gasteiger partial charge in [0.25, 0.3) is 32.2 Å². The van der Waals surface area contributed by atoms with E-state index in [9.17, 15) is 64.8 Å². The van der Waals surface area contributed by atoms with Crippen molar-refractivity contribution in [3.05, 3.63) is 25.3 Å². The molecular formula is C70H123ClN14O14S2. The number of likely N-dealkylation sites (tertiary alicyclic amines) is 2. The first-order valence-electron chi connectivity index (χ1n) is 35.6. The number of piperidine rings is 2. The number of hydrogen-bond acceptors (Lipinski definition) is 16. The molecule has 4 aliphatic carbocycles. The lowest BCUT2D eigenvalue weighted by atomic mass is 9.83. The molecule has 12 atom stereocenters. The fourth-order valence-corrected chi connectivity index (χ4v) is 16.4. The predicted octanol–water partition coefficient (Wildman–Crippen LogP) is 4.46. The van der Waals surface area contributed by atoms with Crippen LogP contribution in [0.2, 0.25) is 0 Å². The highest BCUT2D eigenvalue weighted by atomic mass is 35.5. The van der Waals surface area contributed by atoms with Gasteiger partial charge in [0.2, 0.25) is 41.3 Å². The van der Waals surface area contributed by atoms with Gasteiger partial charge in [0.1, 0.15) is 24.2 Å². The minimum atomic E-state index is -3.74. The van der Waals surface area contributed by atoms with Crippen molar-refractivity contribution in [2.45, 2.75) is 221 Å². The smallest absolute Gasteiger partial charge is 0.315 e. The number of nitrogens with one attached hydrogen (secondary N) is 6. The van der Waals surface area contributed by atoms with Crippen molar-refractivity contribution >= 4 is 91.9 Å². The first-order chi connectivity index (χ1) is 46.4. The van der Waals surface area contributed by atoms with Crippen LogP contribution in [0.5, 0.6) is 0 Å². The number of nitrogens with zero attached hydrogens (tertiary/aromatic N) is 7. The Balaban J connectivity index is 0.000000449. The standard InChI is InChI=1S/C35H61N7O7S.C26H38N4O5.C9H23N3O2S.ClH/c1-11-16-24(29(43)31(45)36-19-12-2)37-30(44)28-26-23(35(26,6)7)20-42(28)32(46)27(22-17-14-13-15-18-22)39-33(47)38-25(34(3,4)5)21-41(10)50(48,49)40(8)9;1-5-10-18(22(32)24(34)27-13-6-2)29-23(33)21-19-17(26(19,3)4)14-30(21)25(35)20(28-15-31)16-11-8-7-9-12-16;1-9(2,3)8(10)7-12(6)15(13,14)11(4)5;/h12,22-28H,2,11,13-21H2,1,3-10H3,(H,36,45)(H,37,44)(H2,38,39,47);6,16-21H,2,5,7-14H2,1,3-4H3,(H,27,34)(H,29,33);8H,7,10H2,1-6H3;1H/t23-,24?,25+,26-,27-,28-;17-,18?,19-,20-,21-;8-;/m001./s1. The number of isocyanates is 1. The highest BCUT2D eigenvalue weighted by molar-refractivity contribution is 7.87. The van der Waals surface area contributed by atoms with Crippen LogP contribution in [0, 0.1) is 57.2 Å². The van der Waals surface area contributed by atoms with Crippen molar-refractivity contribution < 1.29 is 64.8 Å². The van der Waals surface area contributed by atoms with E-state index in [1.165, 1.54) is 60.3 Å². The van der Waals surface area contributed by atoms with Gasteiger partial charge in [-0.1, -0.05) is 147 Å². The largest absolute Gasteiger partial charge is 0.346 e. The summed E-state index contributed by atoms with van der Waals surface area (Å²) in [6.45, 7) is 32.1. The Morgan fingerprint density at radius 2 is 0.980 bits per heavy atom. The number of rotatable bonds is 31. The van der Waals surface area contributed by atoms with Gasteiger partial charge in [-0.05, 0) is 95.7 Å². The van der Waals surface area contributed by atoms with Crippen LogP contribution in [0.3, 0.4) is 0 Å². The molecule has 6 fully saturated rings. The van der Waals surface area contributed by atoms with Crippen molar-refractivity contribution in [2.75, 3.05) is 81.6 Å². The molecule has 4 saturated carbocycles. The molecule has 2 heterocycles. The van der Waals surface area contributed by atoms with Gasteiger partial charge in [-0.3, -0.25) is 38.4 Å². The fraction of sp³-hybridized carbons (Fsp3) is 0.800. The maximum absolute atomic E-state index is 14.6. The van der Waals surface area contributed by atoms with Crippen LogP contribution in [0.15, 0.2) is 30.3 Å². The number of carbonyl (C=O) groups excluding carboxylic acids is 10. The van der Waals surface area contributed by atoms with Crippen molar-refractivity contribution in [1.82, 2.24) is 58.9 Å². The van der Waals surface area contributed by atoms with Crippen LogP contribution in [-0.2, 0) is 63.6 Å². The predicted molar refractivity (Wildman–Crippen MR) is 392 cm³/mol. The third-order valence-corrected chi connectivity index (χ3v) is 25.2. The van der Waals surface area contributed by atoms with Gasteiger partial charge in [-0.2, -0.15) is 39.0 Å². The molecule has 0 aromatic heterocycles. The minimum Gasteiger partial charge on any atom is -0.346 e. The summed E-state index contributed by atoms with van der Waals surface area (Å²) in [4.78, 5) is 138. The monoisotopic (exact) mass is 1480 g/mol. The summed E-state index contributed by atoms with van der Waals surface area (Å²) in [6, 6.07) is -6.76. The second-order valence-electron chi connectivity index (χ2n) is 31.8. The zero-order chi connectivity index (χ0) is 76.0. The van der Waals surface area contributed by atoms with Gasteiger partial charge < -0.3 is 47.4 Å². The normalized spacial score (nSPS) is 23.3. The third kappa shape index (κ3) is 22.9. The maximum atomic E-state index is 14.6. The molecule has 2 aliphatic heterocycles. The molecule has 6 rings (SSSR count). The van der Waals surface area contributed by atoms with Crippen LogP contribution < -0.4 is 37.6 Å². The number of halogens is 1. The van der Waals surface area contributed by atoms with Gasteiger partial charge in [0, 0.05) is 93.6 Å². The van der Waals surface area contributed by atoms with Gasteiger partial charge >= 0.3 is 6.03 Å². The summed E-state index contributed by atoms with van der Waals surface area (Å²) in [6.07, 6.45) is 15.2. The zero-order valence-corrected chi connectivity index (χ0v) is 65.9. The number of amides is 8. The Morgan fingerprint density at radius 1 is 0.594 bits per heavy atom. The Hall–Kier alpha value is -5.72. The maximum Gasteiger partial charge on any atom is 0.315 e. The number of Topliss-reactive ketones (excluding diaryl/α,β-unsaturated/α-hetero) is 2. The van der Waals surface area contributed by atoms with Crippen molar-refractivity contribution in [3.63, 3.8) is 0 Å². The molecule has 8 amide bonds. The van der Waals surface area contributed by atoms with E-state index in [1.807, 2.05) is 55.4 Å². The fourth-order valence-electron chi connectivity index (χ4n) is 14.6. The summed E-state index contributed by atoms with van der Waals surface area (Å²) in [7, 11) is 1.82. The molecule has 6 aliphatic rings. The van der Waals surface area contributed by atoms with Crippen LogP contribution in [0.25, 0.3) is 0 Å². The van der Waals surface area contributed by atoms with E-state index in [0.29, 0.717) is 38.9 Å². The van der Waals surface area contributed by atoms with Gasteiger partial charge in [0.05, 0.1) is 12.1 Å². The molecule has 28 nitrogen and oxygen atoms in total. The zero-order valence-electron chi connectivity index (χ0n) is 63.4. The van der Waals surface area contributed by atoms with E-state index in [2.05, 4.69) is 77.7 Å². The molecule has 2 unspecified atom stereocenters. The average molecular weight is 1480 g/mol. The second kappa shape index (κ2) is 37.8. The first-order valence-corrected chi connectivity index (χ1v) is 38.4. The number of likely N-dealkylation sites (N-methyl/N-ethyl adjacent to an activating group) is 2. The van der Waals surface area contributed by atoms with Crippen LogP contribution in [0.4, 0.5) is 4.79 Å². The highest BCUT2D eigenvalue weighted by Crippen LogP contribution is 2.66. The first kappa shape index (κ1) is 89.5. The van der Waals surface area contributed by atoms with Gasteiger partial charge in [-0.15, -0.1) is 25.6 Å². The highest BCUT2D eigenvalue weighted by Gasteiger charge is 2.71. The lowest BCUT2D eigenvalue weighted by molar-refractivity contribution is -0.144. The lowest BCUT2D eigenvalue weighted by Gasteiger charge is -2.38. The number of hydrogen-bond donors (Lipinski definition) is 7. The van der Waals surface area contributed by atoms with Crippen molar-refractivity contribution in [2.24, 2.45) is 67.9 Å². The molecule has 576 valence electrons. The molecular weight excluding hydrogens is 1360 g/mol. The summed E-state index contributed by atoms with van der Waals surface area (Å²) in [5.41, 5.74) is 4.98. The summed E-state index contributed by atoms with van der Waals surface area (Å²) in [5, 5.41) is 16.4. The molecule has 101 heavy (non-hydrogen) atoms. The number of ketones is 2. The van der Waals surface area contributed by atoms with E-state index in [-0.39, 0.29) is 108 Å². The number of fused-ring (bicyclic) bond motifs is 2. The quantitative estimate of drug-likeness (QED) is 0.0218. The van der Waals surface area contributed by atoms with E-state index in [4.69, 9.17) is 5.73 Å². The molecule has 2 saturated heterocycles. The van der Waals surface area contributed by atoms with Gasteiger partial charge in [0.15, 0.2) is 0 Å². The Kier molecular flexibility index (Phi) is 33.5. The second-order valence-corrected chi connectivity index (χ2v) is 36.3. The van der Waals surface area contributed by atoms with Crippen LogP contribution in [-0.4, -0.2) is 233 Å². The molecule has 0 spiro atoms. The topological polar surface area (TPSA) is 369 Å². The minimum absolute atomic E-state index is 0. The third-order valence-electron chi connectivity index (χ3n) is 21.5. The SMILES string of the molecule is C=CCNC(=O)C(=O)C(CCC)NC(=O)[C@@H]1[C@@H]2[C@H](CN1C(=O)[C@@H](N=C=O)C1CCCCC1)C2(C)C.C=CCNC(=O)C(=O)C(CCC)NC(=O)[C@@H]1[C@@H]2[C@H](CN1C(=O)[C@@H](NC(=O)N[C@H](CN(C)S(=O)(=O)N(C)C)C(C)(C)C)C1CCCCC1)C2(C)C.CN(C)S(=O)(=O)N(C)C[C@@H](N)C(C)(C)C.Cl.